The van der Waals surface area contributed by atoms with Gasteiger partial charge in [-0.3, -0.25) is 9.59 Å². The van der Waals surface area contributed by atoms with Gasteiger partial charge in [0.05, 0.1) is 16.7 Å². The molecule has 0 radical (unpaired) electrons. The number of carbonyl (C=O) groups is 2. The molecular formula is C21H22Cl2N2O3. The van der Waals surface area contributed by atoms with Gasteiger partial charge in [0.15, 0.2) is 0 Å². The van der Waals surface area contributed by atoms with Crippen molar-refractivity contribution in [3.63, 3.8) is 0 Å². The Morgan fingerprint density at radius 2 is 1.43 bits per heavy atom. The number of nitrogens with zero attached hydrogens (tertiary/aromatic N) is 2. The average Bonchev–Trinajstić information content (AvgIpc) is 2.96. The van der Waals surface area contributed by atoms with E-state index < -0.39 is 0 Å². The summed E-state index contributed by atoms with van der Waals surface area (Å²) in [5, 5.41) is 0.774. The summed E-state index contributed by atoms with van der Waals surface area (Å²) in [5.74, 6) is 0.606. The summed E-state index contributed by atoms with van der Waals surface area (Å²) in [6, 6.07) is 12.0. The van der Waals surface area contributed by atoms with Gasteiger partial charge in [-0.25, -0.2) is 0 Å². The molecule has 0 spiro atoms. The molecule has 2 aromatic carbocycles. The van der Waals surface area contributed by atoms with Crippen molar-refractivity contribution in [3.05, 3.63) is 63.6 Å². The molecule has 1 heterocycles. The first-order valence-corrected chi connectivity index (χ1v) is 10.0. The highest BCUT2D eigenvalue weighted by atomic mass is 35.5. The fourth-order valence-corrected chi connectivity index (χ4v) is 3.48. The van der Waals surface area contributed by atoms with Gasteiger partial charge in [0.2, 0.25) is 0 Å². The summed E-state index contributed by atoms with van der Waals surface area (Å²) in [6.45, 7) is 4.66. The normalized spacial score (nSPS) is 14.5. The first-order valence-electron chi connectivity index (χ1n) is 9.26. The second-order valence-corrected chi connectivity index (χ2v) is 7.34. The highest BCUT2D eigenvalue weighted by Gasteiger charge is 2.24. The molecule has 0 bridgehead atoms. The predicted octanol–water partition coefficient (Wildman–Crippen LogP) is 4.38. The van der Waals surface area contributed by atoms with E-state index in [-0.39, 0.29) is 11.8 Å². The van der Waals surface area contributed by atoms with Crippen LogP contribution in [-0.2, 0) is 0 Å². The fourth-order valence-electron chi connectivity index (χ4n) is 3.18. The lowest BCUT2D eigenvalue weighted by Crippen LogP contribution is -2.37. The Hall–Kier alpha value is -2.24. The van der Waals surface area contributed by atoms with Gasteiger partial charge < -0.3 is 14.5 Å². The predicted molar refractivity (Wildman–Crippen MR) is 110 cm³/mol. The molecule has 1 aliphatic heterocycles. The average molecular weight is 421 g/mol. The molecule has 5 nitrogen and oxygen atoms in total. The van der Waals surface area contributed by atoms with Gasteiger partial charge in [0, 0.05) is 37.3 Å². The van der Waals surface area contributed by atoms with Gasteiger partial charge in [-0.2, -0.15) is 0 Å². The van der Waals surface area contributed by atoms with E-state index in [4.69, 9.17) is 27.9 Å². The summed E-state index contributed by atoms with van der Waals surface area (Å²) in [4.78, 5) is 29.1. The van der Waals surface area contributed by atoms with Crippen molar-refractivity contribution in [2.24, 2.45) is 0 Å². The second-order valence-electron chi connectivity index (χ2n) is 6.52. The molecule has 2 aromatic rings. The molecule has 0 aromatic heterocycles. The van der Waals surface area contributed by atoms with Crippen molar-refractivity contribution in [2.45, 2.75) is 13.3 Å². The zero-order valence-electron chi connectivity index (χ0n) is 15.7. The van der Waals surface area contributed by atoms with E-state index in [0.717, 1.165) is 12.2 Å². The van der Waals surface area contributed by atoms with Crippen LogP contribution in [0.15, 0.2) is 42.5 Å². The molecule has 1 fully saturated rings. The number of hydrogen-bond acceptors (Lipinski definition) is 3. The van der Waals surface area contributed by atoms with Crippen LogP contribution >= 0.6 is 23.2 Å². The number of benzene rings is 2. The van der Waals surface area contributed by atoms with E-state index in [1.54, 1.807) is 52.3 Å². The molecule has 7 heteroatoms. The maximum atomic E-state index is 12.8. The highest BCUT2D eigenvalue weighted by Crippen LogP contribution is 2.23. The number of amides is 2. The Bertz CT molecular complexity index is 855. The van der Waals surface area contributed by atoms with Gasteiger partial charge in [-0.1, -0.05) is 23.2 Å². The summed E-state index contributed by atoms with van der Waals surface area (Å²) in [6.07, 6.45) is 0.718. The Morgan fingerprint density at radius 1 is 0.857 bits per heavy atom. The largest absolute Gasteiger partial charge is 0.494 e. The van der Waals surface area contributed by atoms with Crippen LogP contribution in [0.5, 0.6) is 5.75 Å². The van der Waals surface area contributed by atoms with Crippen LogP contribution in [0.25, 0.3) is 0 Å². The van der Waals surface area contributed by atoms with E-state index in [0.29, 0.717) is 54.0 Å². The van der Waals surface area contributed by atoms with Crippen molar-refractivity contribution < 1.29 is 14.3 Å². The van der Waals surface area contributed by atoms with Gasteiger partial charge in [0.1, 0.15) is 5.75 Å². The van der Waals surface area contributed by atoms with E-state index in [9.17, 15) is 9.59 Å². The van der Waals surface area contributed by atoms with Crippen LogP contribution in [0.3, 0.4) is 0 Å². The van der Waals surface area contributed by atoms with E-state index in [1.807, 2.05) is 6.92 Å². The molecule has 148 valence electrons. The quantitative estimate of drug-likeness (QED) is 0.736. The minimum absolute atomic E-state index is 0.0353. The van der Waals surface area contributed by atoms with Crippen molar-refractivity contribution in [3.8, 4) is 5.75 Å². The third-order valence-electron chi connectivity index (χ3n) is 4.65. The first-order chi connectivity index (χ1) is 13.5. The van der Waals surface area contributed by atoms with Crippen LogP contribution in [0.2, 0.25) is 10.0 Å². The Morgan fingerprint density at radius 3 is 2.00 bits per heavy atom. The number of carbonyl (C=O) groups excluding carboxylic acids is 2. The van der Waals surface area contributed by atoms with Crippen molar-refractivity contribution >= 4 is 35.0 Å². The third kappa shape index (κ3) is 4.78. The summed E-state index contributed by atoms with van der Waals surface area (Å²) in [7, 11) is 0. The number of ether oxygens (including phenoxy) is 1. The molecule has 0 aliphatic carbocycles. The van der Waals surface area contributed by atoms with Crippen LogP contribution in [0, 0.1) is 0 Å². The van der Waals surface area contributed by atoms with Crippen molar-refractivity contribution in [1.82, 2.24) is 9.80 Å². The zero-order chi connectivity index (χ0) is 20.1. The number of halogens is 2. The Kier molecular flexibility index (Phi) is 6.81. The van der Waals surface area contributed by atoms with E-state index >= 15 is 0 Å². The SMILES string of the molecule is CCOc1ccc(C(=O)N2CCCN(C(=O)c3ccc(Cl)c(Cl)c3)CC2)cc1. The van der Waals surface area contributed by atoms with E-state index in [2.05, 4.69) is 0 Å². The second kappa shape index (κ2) is 9.30. The fraction of sp³-hybridized carbons (Fsp3) is 0.333. The number of hydrogen-bond donors (Lipinski definition) is 0. The molecule has 1 saturated heterocycles. The van der Waals surface area contributed by atoms with Crippen LogP contribution in [-0.4, -0.2) is 54.4 Å². The Labute approximate surface area is 174 Å². The lowest BCUT2D eigenvalue weighted by Gasteiger charge is -2.22. The summed E-state index contributed by atoms with van der Waals surface area (Å²) < 4.78 is 5.42. The van der Waals surface area contributed by atoms with Crippen molar-refractivity contribution in [2.75, 3.05) is 32.8 Å². The standard InChI is InChI=1S/C21H22Cl2N2O3/c1-2-28-17-7-4-15(5-8-17)20(26)24-10-3-11-25(13-12-24)21(27)16-6-9-18(22)19(23)14-16/h4-9,14H,2-3,10-13H2,1H3. The van der Waals surface area contributed by atoms with Gasteiger partial charge in [-0.05, 0) is 55.8 Å². The molecule has 0 unspecified atom stereocenters. The topological polar surface area (TPSA) is 49.9 Å². The molecule has 0 atom stereocenters. The van der Waals surface area contributed by atoms with Crippen molar-refractivity contribution in [1.29, 1.82) is 0 Å². The first kappa shape index (κ1) is 20.5. The number of rotatable bonds is 4. The molecular weight excluding hydrogens is 399 g/mol. The Balaban J connectivity index is 1.64. The van der Waals surface area contributed by atoms with Gasteiger partial charge in [-0.15, -0.1) is 0 Å². The maximum Gasteiger partial charge on any atom is 0.253 e. The summed E-state index contributed by atoms with van der Waals surface area (Å²) >= 11 is 12.0. The van der Waals surface area contributed by atoms with Gasteiger partial charge >= 0.3 is 0 Å². The monoisotopic (exact) mass is 420 g/mol. The van der Waals surface area contributed by atoms with E-state index in [1.165, 1.54) is 0 Å². The lowest BCUT2D eigenvalue weighted by molar-refractivity contribution is 0.0718. The molecule has 28 heavy (non-hydrogen) atoms. The molecule has 0 N–H and O–H groups in total. The molecule has 2 amide bonds. The minimum Gasteiger partial charge on any atom is -0.494 e. The smallest absolute Gasteiger partial charge is 0.253 e. The van der Waals surface area contributed by atoms with Crippen LogP contribution in [0.1, 0.15) is 34.1 Å². The highest BCUT2D eigenvalue weighted by molar-refractivity contribution is 6.42. The van der Waals surface area contributed by atoms with Crippen LogP contribution in [0.4, 0.5) is 0 Å². The van der Waals surface area contributed by atoms with Crippen LogP contribution < -0.4 is 4.74 Å². The molecule has 3 rings (SSSR count). The molecule has 0 saturated carbocycles. The minimum atomic E-state index is -0.103. The summed E-state index contributed by atoms with van der Waals surface area (Å²) in [5.41, 5.74) is 1.12. The maximum absolute atomic E-state index is 12.8. The zero-order valence-corrected chi connectivity index (χ0v) is 17.2. The third-order valence-corrected chi connectivity index (χ3v) is 5.39. The van der Waals surface area contributed by atoms with Gasteiger partial charge in [0.25, 0.3) is 11.8 Å². The lowest BCUT2D eigenvalue weighted by atomic mass is 10.2. The molecule has 1 aliphatic rings.